The molecule has 1 rings (SSSR count). The molecule has 0 spiro atoms. The summed E-state index contributed by atoms with van der Waals surface area (Å²) in [5.74, 6) is -1.11. The molecule has 0 saturated heterocycles. The normalized spacial score (nSPS) is 13.9. The van der Waals surface area contributed by atoms with E-state index in [1.165, 1.54) is 12.1 Å². The third-order valence-corrected chi connectivity index (χ3v) is 1.83. The zero-order chi connectivity index (χ0) is 17.1. The second-order valence-corrected chi connectivity index (χ2v) is 5.88. The van der Waals surface area contributed by atoms with Gasteiger partial charge in [0.1, 0.15) is 0 Å². The molecule has 0 aliphatic heterocycles. The molecule has 0 radical (unpaired) electrons. The first-order valence-electron chi connectivity index (χ1n) is 4.97. The SMILES string of the molecule is CN(C)c1ccc([N+]#N)c(C(=O)O)c1.F[P-](F)(F)(F)(F)F. The average Bonchev–Trinajstić information content (AvgIpc) is 2.23. The first-order chi connectivity index (χ1) is 9.01. The molecule has 0 aromatic heterocycles. The molecular weight excluding hydrogens is 327 g/mol. The standard InChI is InChI=1S/C9H9N3O2.F6P/c1-12(2)6-3-4-8(11-10)7(5-6)9(13)14;1-7(2,3,4,5)6/h3-5H,1-2H3;/q;-1/p+1. The van der Waals surface area contributed by atoms with Gasteiger partial charge < -0.3 is 10.0 Å². The summed E-state index contributed by atoms with van der Waals surface area (Å²) in [6.45, 7) is 0. The van der Waals surface area contributed by atoms with Crippen LogP contribution in [0.1, 0.15) is 10.4 Å². The van der Waals surface area contributed by atoms with Crippen LogP contribution >= 0.6 is 7.81 Å². The van der Waals surface area contributed by atoms with Crippen molar-refractivity contribution in [1.29, 1.82) is 5.39 Å². The van der Waals surface area contributed by atoms with Crippen molar-refractivity contribution >= 4 is 25.2 Å². The van der Waals surface area contributed by atoms with E-state index in [-0.39, 0.29) is 11.3 Å². The van der Waals surface area contributed by atoms with Crippen LogP contribution in [0.5, 0.6) is 0 Å². The van der Waals surface area contributed by atoms with E-state index >= 15 is 0 Å². The second-order valence-electron chi connectivity index (χ2n) is 3.96. The van der Waals surface area contributed by atoms with Gasteiger partial charge in [0.2, 0.25) is 5.39 Å². The number of anilines is 1. The molecule has 1 aromatic rings. The number of rotatable bonds is 2. The van der Waals surface area contributed by atoms with E-state index in [1.807, 2.05) is 0 Å². The van der Waals surface area contributed by atoms with Gasteiger partial charge >= 0.3 is 44.6 Å². The molecule has 0 aliphatic carbocycles. The van der Waals surface area contributed by atoms with Gasteiger partial charge in [0.25, 0.3) is 0 Å². The van der Waals surface area contributed by atoms with Crippen molar-refractivity contribution in [2.24, 2.45) is 0 Å². The predicted octanol–water partition coefficient (Wildman–Crippen LogP) is 5.32. The van der Waals surface area contributed by atoms with Crippen LogP contribution in [0, 0.1) is 5.39 Å². The third kappa shape index (κ3) is 10.4. The average molecular weight is 337 g/mol. The van der Waals surface area contributed by atoms with Crippen LogP contribution in [0.4, 0.5) is 36.6 Å². The van der Waals surface area contributed by atoms with Crippen LogP contribution in [0.2, 0.25) is 0 Å². The van der Waals surface area contributed by atoms with Gasteiger partial charge in [-0.3, -0.25) is 0 Å². The molecule has 12 heteroatoms. The van der Waals surface area contributed by atoms with E-state index in [2.05, 4.69) is 4.98 Å². The van der Waals surface area contributed by atoms with Crippen molar-refractivity contribution in [2.75, 3.05) is 19.0 Å². The van der Waals surface area contributed by atoms with Crippen LogP contribution in [-0.4, -0.2) is 25.2 Å². The number of halogens is 6. The number of hydrogen-bond donors (Lipinski definition) is 1. The molecule has 120 valence electrons. The fraction of sp³-hybridized carbons (Fsp3) is 0.222. The first-order valence-corrected chi connectivity index (χ1v) is 7.00. The summed E-state index contributed by atoms with van der Waals surface area (Å²) in [5, 5.41) is 17.4. The molecular formula is C9H10F6N3O2P. The fourth-order valence-electron chi connectivity index (χ4n) is 1.06. The molecule has 0 fully saturated rings. The van der Waals surface area contributed by atoms with Crippen molar-refractivity contribution in [1.82, 2.24) is 0 Å². The summed E-state index contributed by atoms with van der Waals surface area (Å²) >= 11 is 0. The summed E-state index contributed by atoms with van der Waals surface area (Å²) in [5.41, 5.74) is 0.789. The minimum absolute atomic E-state index is 0.0151. The van der Waals surface area contributed by atoms with Gasteiger partial charge in [0.15, 0.2) is 10.5 Å². The van der Waals surface area contributed by atoms with E-state index in [4.69, 9.17) is 10.5 Å². The van der Waals surface area contributed by atoms with Crippen LogP contribution < -0.4 is 4.90 Å². The molecule has 0 aliphatic rings. The summed E-state index contributed by atoms with van der Waals surface area (Å²) in [6.07, 6.45) is 0. The molecule has 5 nitrogen and oxygen atoms in total. The Morgan fingerprint density at radius 2 is 1.62 bits per heavy atom. The fourth-order valence-corrected chi connectivity index (χ4v) is 1.06. The van der Waals surface area contributed by atoms with Crippen molar-refractivity contribution < 1.29 is 35.1 Å². The summed E-state index contributed by atoms with van der Waals surface area (Å²) in [7, 11) is -7.05. The summed E-state index contributed by atoms with van der Waals surface area (Å²) in [4.78, 5) is 15.4. The van der Waals surface area contributed by atoms with E-state index in [9.17, 15) is 30.0 Å². The van der Waals surface area contributed by atoms with Crippen LogP contribution in [0.25, 0.3) is 4.98 Å². The molecule has 21 heavy (non-hydrogen) atoms. The molecule has 0 heterocycles. The predicted molar refractivity (Wildman–Crippen MR) is 66.0 cm³/mol. The maximum absolute atomic E-state index is 10.8. The summed E-state index contributed by atoms with van der Waals surface area (Å²) < 4.78 is 59.2. The van der Waals surface area contributed by atoms with Gasteiger partial charge in [-0.1, -0.05) is 0 Å². The number of nitrogens with zero attached hydrogens (tertiary/aromatic N) is 3. The molecule has 0 saturated carbocycles. The molecule has 1 aromatic carbocycles. The zero-order valence-corrected chi connectivity index (χ0v) is 11.5. The zero-order valence-electron chi connectivity index (χ0n) is 10.6. The molecule has 0 bridgehead atoms. The number of diazo groups is 1. The third-order valence-electron chi connectivity index (χ3n) is 1.83. The van der Waals surface area contributed by atoms with Gasteiger partial charge in [-0.15, -0.1) is 0 Å². The Bertz CT molecular complexity index is 582. The molecule has 0 amide bonds. The second kappa shape index (κ2) is 5.04. The topological polar surface area (TPSA) is 68.7 Å². The van der Waals surface area contributed by atoms with Crippen molar-refractivity contribution in [3.05, 3.63) is 28.7 Å². The quantitative estimate of drug-likeness (QED) is 0.451. The van der Waals surface area contributed by atoms with Crippen LogP contribution in [0.3, 0.4) is 0 Å². The Morgan fingerprint density at radius 1 is 1.19 bits per heavy atom. The van der Waals surface area contributed by atoms with Crippen LogP contribution in [-0.2, 0) is 0 Å². The summed E-state index contributed by atoms with van der Waals surface area (Å²) in [6, 6.07) is 4.59. The Hall–Kier alpha value is -2.08. The molecule has 1 N–H and O–H groups in total. The first kappa shape index (κ1) is 18.9. The van der Waals surface area contributed by atoms with Crippen molar-refractivity contribution in [3.8, 4) is 0 Å². The Labute approximate surface area is 114 Å². The van der Waals surface area contributed by atoms with Gasteiger partial charge in [0.05, 0.1) is 0 Å². The Kier molecular flexibility index (Phi) is 4.54. The van der Waals surface area contributed by atoms with Gasteiger partial charge in [-0.2, -0.15) is 0 Å². The number of carboxylic acid groups (broad SMARTS) is 1. The molecule has 0 unspecified atom stereocenters. The van der Waals surface area contributed by atoms with Crippen molar-refractivity contribution in [3.63, 3.8) is 0 Å². The van der Waals surface area contributed by atoms with E-state index in [1.54, 1.807) is 25.1 Å². The minimum atomic E-state index is -10.7. The van der Waals surface area contributed by atoms with Gasteiger partial charge in [-0.05, 0) is 12.1 Å². The number of carbonyl (C=O) groups is 1. The number of carboxylic acids is 1. The number of hydrogen-bond acceptors (Lipinski definition) is 3. The number of benzene rings is 1. The van der Waals surface area contributed by atoms with Crippen molar-refractivity contribution in [2.45, 2.75) is 0 Å². The van der Waals surface area contributed by atoms with E-state index in [0.717, 1.165) is 5.69 Å². The van der Waals surface area contributed by atoms with Gasteiger partial charge in [-0.25, -0.2) is 4.79 Å². The maximum atomic E-state index is 10.8. The van der Waals surface area contributed by atoms with Gasteiger partial charge in [0, 0.05) is 25.8 Å². The Balaban J connectivity index is 0.000000486. The van der Waals surface area contributed by atoms with E-state index < -0.39 is 13.8 Å². The van der Waals surface area contributed by atoms with Crippen LogP contribution in [0.15, 0.2) is 18.2 Å². The number of aromatic carboxylic acids is 1. The van der Waals surface area contributed by atoms with E-state index in [0.29, 0.717) is 0 Å². The monoisotopic (exact) mass is 337 g/mol. The molecule has 0 atom stereocenters. The Morgan fingerprint density at radius 3 is 1.90 bits per heavy atom.